The lowest BCUT2D eigenvalue weighted by Crippen LogP contribution is -2.56. The molecule has 0 amide bonds. The van der Waals surface area contributed by atoms with Gasteiger partial charge in [-0.05, 0) is 12.1 Å². The number of nitrogens with zero attached hydrogens (tertiary/aromatic N) is 7. The molecular formula is C25H26F3N7O6S2. The second kappa shape index (κ2) is 12.6. The van der Waals surface area contributed by atoms with Crippen LogP contribution in [0, 0.1) is 17.5 Å². The normalized spacial score (nSPS) is 29.7. The molecule has 8 unspecified atom stereocenters. The molecule has 2 aliphatic rings. The first-order valence-corrected chi connectivity index (χ1v) is 14.9. The molecule has 2 fully saturated rings. The predicted octanol–water partition coefficient (Wildman–Crippen LogP) is 1.45. The number of aliphatic hydroxyl groups excluding tert-OH is 3. The van der Waals surface area contributed by atoms with Gasteiger partial charge in [-0.3, -0.25) is 0 Å². The Morgan fingerprint density at radius 3 is 2.47 bits per heavy atom. The van der Waals surface area contributed by atoms with Crippen molar-refractivity contribution in [3.63, 3.8) is 0 Å². The molecule has 0 bridgehead atoms. The quantitative estimate of drug-likeness (QED) is 0.238. The third-order valence-electron chi connectivity index (χ3n) is 7.35. The average Bonchev–Trinajstić information content (AvgIpc) is 3.79. The van der Waals surface area contributed by atoms with Crippen LogP contribution >= 0.6 is 23.1 Å². The third kappa shape index (κ3) is 5.80. The van der Waals surface area contributed by atoms with Crippen LogP contribution < -0.4 is 0 Å². The van der Waals surface area contributed by atoms with E-state index in [-0.39, 0.29) is 24.5 Å². The summed E-state index contributed by atoms with van der Waals surface area (Å²) in [6.45, 7) is -0.199. The maximum Gasteiger partial charge on any atom is 0.194 e. The van der Waals surface area contributed by atoms with Crippen molar-refractivity contribution in [3.05, 3.63) is 53.6 Å². The van der Waals surface area contributed by atoms with Gasteiger partial charge in [0.25, 0.3) is 0 Å². The molecule has 0 aliphatic carbocycles. The van der Waals surface area contributed by atoms with Gasteiger partial charge in [-0.15, -0.1) is 33.3 Å². The minimum Gasteiger partial charge on any atom is -0.394 e. The largest absolute Gasteiger partial charge is 0.394 e. The highest BCUT2D eigenvalue weighted by atomic mass is 32.2. The molecule has 1 aromatic carbocycles. The van der Waals surface area contributed by atoms with E-state index in [1.165, 1.54) is 45.8 Å². The van der Waals surface area contributed by atoms with Gasteiger partial charge >= 0.3 is 0 Å². The van der Waals surface area contributed by atoms with Gasteiger partial charge in [-0.25, -0.2) is 27.5 Å². The molecular weight excluding hydrogens is 615 g/mol. The van der Waals surface area contributed by atoms with Gasteiger partial charge in [0.05, 0.1) is 43.6 Å². The monoisotopic (exact) mass is 641 g/mol. The summed E-state index contributed by atoms with van der Waals surface area (Å²) in [7, 11) is 1.40. The number of thiazole rings is 1. The molecule has 43 heavy (non-hydrogen) atoms. The SMILES string of the molecule is COC1C(SC2COCC(n3cc(-c4nccs4)nn3)C2O)OC(CO)C(O)C1n1cc(-c2cc(F)c(F)c(F)c2)nn1. The number of rotatable bonds is 8. The fourth-order valence-corrected chi connectivity index (χ4v) is 7.23. The Labute approximate surface area is 250 Å². The second-order valence-corrected chi connectivity index (χ2v) is 12.2. The summed E-state index contributed by atoms with van der Waals surface area (Å²) in [5.74, 6) is -4.39. The van der Waals surface area contributed by atoms with Crippen molar-refractivity contribution in [3.8, 4) is 22.0 Å². The van der Waals surface area contributed by atoms with Crippen molar-refractivity contribution in [2.45, 2.75) is 47.2 Å². The highest BCUT2D eigenvalue weighted by Crippen LogP contribution is 2.41. The van der Waals surface area contributed by atoms with E-state index in [9.17, 15) is 28.5 Å². The van der Waals surface area contributed by atoms with Crippen molar-refractivity contribution >= 4 is 23.1 Å². The van der Waals surface area contributed by atoms with Gasteiger partial charge in [0.2, 0.25) is 0 Å². The number of aromatic nitrogens is 7. The van der Waals surface area contributed by atoms with Crippen LogP contribution in [0.3, 0.4) is 0 Å². The molecule has 0 spiro atoms. The molecule has 3 aromatic heterocycles. The number of benzene rings is 1. The van der Waals surface area contributed by atoms with E-state index in [0.29, 0.717) is 10.7 Å². The van der Waals surface area contributed by atoms with Crippen LogP contribution in [0.5, 0.6) is 0 Å². The lowest BCUT2D eigenvalue weighted by Gasteiger charge is -2.45. The average molecular weight is 642 g/mol. The Bertz CT molecular complexity index is 1520. The van der Waals surface area contributed by atoms with Gasteiger partial charge in [0.15, 0.2) is 17.5 Å². The zero-order valence-corrected chi connectivity index (χ0v) is 24.0. The summed E-state index contributed by atoms with van der Waals surface area (Å²) in [5, 5.41) is 50.7. The number of methoxy groups -OCH3 is 1. The highest BCUT2D eigenvalue weighted by molar-refractivity contribution is 8.00. The summed E-state index contributed by atoms with van der Waals surface area (Å²) < 4.78 is 61.5. The van der Waals surface area contributed by atoms with Gasteiger partial charge in [-0.1, -0.05) is 10.4 Å². The molecule has 4 aromatic rings. The van der Waals surface area contributed by atoms with Gasteiger partial charge in [0, 0.05) is 24.3 Å². The van der Waals surface area contributed by atoms with Crippen LogP contribution in [0.4, 0.5) is 13.2 Å². The fraction of sp³-hybridized carbons (Fsp3) is 0.480. The van der Waals surface area contributed by atoms with Crippen molar-refractivity contribution in [2.24, 2.45) is 0 Å². The van der Waals surface area contributed by atoms with Gasteiger partial charge in [-0.2, -0.15) is 0 Å². The third-order valence-corrected chi connectivity index (χ3v) is 9.56. The zero-order valence-electron chi connectivity index (χ0n) is 22.4. The first-order valence-electron chi connectivity index (χ1n) is 13.1. The molecule has 5 heterocycles. The van der Waals surface area contributed by atoms with E-state index in [4.69, 9.17) is 14.2 Å². The van der Waals surface area contributed by atoms with Crippen molar-refractivity contribution in [2.75, 3.05) is 26.9 Å². The Morgan fingerprint density at radius 2 is 1.77 bits per heavy atom. The number of ether oxygens (including phenoxy) is 3. The standard InChI is InChI=1S/C25H26F3N7O6S2/c1-39-23-20(35-6-14(30-33-35)11-4-12(26)19(28)13(27)5-11)22(38)17(8-36)41-25(23)43-18-10-40-9-16(21(18)37)34-7-15(31-32-34)24-29-2-3-42-24/h2-7,16-18,20-23,25,36-38H,8-10H2,1H3. The van der Waals surface area contributed by atoms with Crippen molar-refractivity contribution in [1.82, 2.24) is 35.0 Å². The Balaban J connectivity index is 1.23. The van der Waals surface area contributed by atoms with Crippen LogP contribution in [0.1, 0.15) is 12.1 Å². The fourth-order valence-electron chi connectivity index (χ4n) is 5.14. The molecule has 8 atom stereocenters. The lowest BCUT2D eigenvalue weighted by atomic mass is 9.97. The summed E-state index contributed by atoms with van der Waals surface area (Å²) >= 11 is 2.60. The minimum atomic E-state index is -1.61. The first kappa shape index (κ1) is 30.1. The smallest absolute Gasteiger partial charge is 0.194 e. The first-order chi connectivity index (χ1) is 20.8. The summed E-state index contributed by atoms with van der Waals surface area (Å²) in [6, 6.07) is 0.0258. The van der Waals surface area contributed by atoms with E-state index < -0.39 is 71.2 Å². The lowest BCUT2D eigenvalue weighted by molar-refractivity contribution is -0.186. The highest BCUT2D eigenvalue weighted by Gasteiger charge is 2.49. The van der Waals surface area contributed by atoms with E-state index in [1.54, 1.807) is 12.4 Å². The summed E-state index contributed by atoms with van der Waals surface area (Å²) in [4.78, 5) is 4.23. The van der Waals surface area contributed by atoms with Crippen LogP contribution in [0.25, 0.3) is 22.0 Å². The summed E-state index contributed by atoms with van der Waals surface area (Å²) in [5.41, 5.74) is -0.331. The number of halogens is 3. The molecule has 0 saturated carbocycles. The number of hydrogen-bond donors (Lipinski definition) is 3. The maximum absolute atomic E-state index is 13.9. The Hall–Kier alpha value is -2.97. The topological polar surface area (TPSA) is 163 Å². The van der Waals surface area contributed by atoms with Crippen LogP contribution in [-0.2, 0) is 14.2 Å². The molecule has 6 rings (SSSR count). The maximum atomic E-state index is 13.9. The molecule has 13 nitrogen and oxygen atoms in total. The van der Waals surface area contributed by atoms with Crippen LogP contribution in [-0.4, -0.2) is 112 Å². The number of thioether (sulfide) groups is 1. The van der Waals surface area contributed by atoms with Crippen molar-refractivity contribution < 1.29 is 42.7 Å². The predicted molar refractivity (Wildman–Crippen MR) is 145 cm³/mol. The summed E-state index contributed by atoms with van der Waals surface area (Å²) in [6.07, 6.45) is 0.422. The van der Waals surface area contributed by atoms with E-state index in [1.807, 2.05) is 5.38 Å². The van der Waals surface area contributed by atoms with Crippen LogP contribution in [0.2, 0.25) is 0 Å². The van der Waals surface area contributed by atoms with Crippen LogP contribution in [0.15, 0.2) is 36.1 Å². The van der Waals surface area contributed by atoms with E-state index in [2.05, 4.69) is 25.6 Å². The van der Waals surface area contributed by atoms with E-state index >= 15 is 0 Å². The molecule has 2 saturated heterocycles. The van der Waals surface area contributed by atoms with Gasteiger partial charge in [0.1, 0.15) is 52.2 Å². The number of aliphatic hydroxyl groups is 3. The zero-order chi connectivity index (χ0) is 30.2. The second-order valence-electron chi connectivity index (χ2n) is 9.94. The van der Waals surface area contributed by atoms with Crippen molar-refractivity contribution in [1.29, 1.82) is 0 Å². The Morgan fingerprint density at radius 1 is 1.05 bits per heavy atom. The molecule has 230 valence electrons. The van der Waals surface area contributed by atoms with E-state index in [0.717, 1.165) is 12.1 Å². The molecule has 18 heteroatoms. The molecule has 2 aliphatic heterocycles. The molecule has 0 radical (unpaired) electrons. The Kier molecular flexibility index (Phi) is 8.79. The minimum absolute atomic E-state index is 0.0139. The number of hydrogen-bond acceptors (Lipinski definition) is 13. The molecule has 3 N–H and O–H groups in total. The van der Waals surface area contributed by atoms with Gasteiger partial charge < -0.3 is 29.5 Å².